The minimum Gasteiger partial charge on any atom is -0.460 e. The maximum absolute atomic E-state index is 11.7. The molecular formula is C14H22O5. The van der Waals surface area contributed by atoms with E-state index in [1.807, 2.05) is 0 Å². The largest absolute Gasteiger partial charge is 0.460 e. The summed E-state index contributed by atoms with van der Waals surface area (Å²) in [6.45, 7) is 8.71. The van der Waals surface area contributed by atoms with Crippen LogP contribution in [0.1, 0.15) is 41.0 Å². The summed E-state index contributed by atoms with van der Waals surface area (Å²) in [5, 5.41) is 10.2. The zero-order valence-corrected chi connectivity index (χ0v) is 12.1. The number of hydrogen-bond acceptors (Lipinski definition) is 5. The summed E-state index contributed by atoms with van der Waals surface area (Å²) in [6, 6.07) is 0. The van der Waals surface area contributed by atoms with Crippen LogP contribution in [0.25, 0.3) is 0 Å². The number of terminal acetylenes is 1. The van der Waals surface area contributed by atoms with Gasteiger partial charge in [0.05, 0.1) is 13.0 Å². The molecule has 0 aromatic rings. The van der Waals surface area contributed by atoms with Crippen LogP contribution in [-0.4, -0.2) is 40.8 Å². The van der Waals surface area contributed by atoms with Gasteiger partial charge in [-0.1, -0.05) is 5.92 Å². The lowest BCUT2D eigenvalue weighted by Crippen LogP contribution is -2.46. The molecule has 1 fully saturated rings. The molecule has 0 aromatic carbocycles. The van der Waals surface area contributed by atoms with Crippen molar-refractivity contribution in [3.8, 4) is 12.3 Å². The number of carbonyl (C=O) groups is 1. The zero-order valence-electron chi connectivity index (χ0n) is 12.1. The summed E-state index contributed by atoms with van der Waals surface area (Å²) in [6.07, 6.45) is 4.02. The Labute approximate surface area is 114 Å². The molecule has 0 amide bonds. The first-order valence-electron chi connectivity index (χ1n) is 6.21. The van der Waals surface area contributed by atoms with Gasteiger partial charge in [0.25, 0.3) is 0 Å². The quantitative estimate of drug-likeness (QED) is 0.617. The van der Waals surface area contributed by atoms with Crippen molar-refractivity contribution >= 4 is 5.97 Å². The van der Waals surface area contributed by atoms with E-state index in [-0.39, 0.29) is 13.0 Å². The standard InChI is InChI=1S/C14H22O5/c1-7-14(9-17-13(5,6)19-14)10(15)8-11(16)18-12(2,3)4/h1,10,15H,8-9H2,2-6H3. The van der Waals surface area contributed by atoms with E-state index in [1.54, 1.807) is 34.6 Å². The molecule has 5 heteroatoms. The molecule has 0 aromatic heterocycles. The lowest BCUT2D eigenvalue weighted by atomic mass is 9.96. The number of rotatable bonds is 3. The Kier molecular flexibility index (Phi) is 4.30. The molecule has 108 valence electrons. The van der Waals surface area contributed by atoms with Crippen molar-refractivity contribution in [3.05, 3.63) is 0 Å². The van der Waals surface area contributed by atoms with E-state index < -0.39 is 29.1 Å². The maximum Gasteiger partial charge on any atom is 0.309 e. The van der Waals surface area contributed by atoms with E-state index in [2.05, 4.69) is 5.92 Å². The van der Waals surface area contributed by atoms with Crippen molar-refractivity contribution in [1.82, 2.24) is 0 Å². The fraction of sp³-hybridized carbons (Fsp3) is 0.786. The average Bonchev–Trinajstić information content (AvgIpc) is 2.52. The Hall–Kier alpha value is -1.09. The monoisotopic (exact) mass is 270 g/mol. The van der Waals surface area contributed by atoms with Gasteiger partial charge in [0.2, 0.25) is 0 Å². The summed E-state index contributed by atoms with van der Waals surface area (Å²) >= 11 is 0. The van der Waals surface area contributed by atoms with Crippen LogP contribution < -0.4 is 0 Å². The fourth-order valence-electron chi connectivity index (χ4n) is 1.82. The summed E-state index contributed by atoms with van der Waals surface area (Å²) in [7, 11) is 0. The first kappa shape index (κ1) is 16.0. The second-order valence-corrected chi connectivity index (χ2v) is 6.13. The third-order valence-corrected chi connectivity index (χ3v) is 2.62. The molecule has 19 heavy (non-hydrogen) atoms. The Morgan fingerprint density at radius 2 is 2.11 bits per heavy atom. The second kappa shape index (κ2) is 5.12. The van der Waals surface area contributed by atoms with E-state index in [9.17, 15) is 9.90 Å². The first-order valence-corrected chi connectivity index (χ1v) is 6.21. The molecule has 1 aliphatic rings. The summed E-state index contributed by atoms with van der Waals surface area (Å²) in [5.74, 6) is 0.997. The lowest BCUT2D eigenvalue weighted by molar-refractivity contribution is -0.177. The lowest BCUT2D eigenvalue weighted by Gasteiger charge is -2.29. The van der Waals surface area contributed by atoms with Gasteiger partial charge in [-0.25, -0.2) is 0 Å². The number of aliphatic hydroxyl groups excluding tert-OH is 1. The molecule has 0 radical (unpaired) electrons. The number of esters is 1. The van der Waals surface area contributed by atoms with Crippen LogP contribution in [-0.2, 0) is 19.0 Å². The number of ether oxygens (including phenoxy) is 3. The topological polar surface area (TPSA) is 65.0 Å². The van der Waals surface area contributed by atoms with Crippen LogP contribution in [0.3, 0.4) is 0 Å². The molecular weight excluding hydrogens is 248 g/mol. The third kappa shape index (κ3) is 4.20. The van der Waals surface area contributed by atoms with Crippen LogP contribution in [0.15, 0.2) is 0 Å². The smallest absolute Gasteiger partial charge is 0.309 e. The highest BCUT2D eigenvalue weighted by Crippen LogP contribution is 2.34. The van der Waals surface area contributed by atoms with Crippen molar-refractivity contribution in [3.63, 3.8) is 0 Å². The second-order valence-electron chi connectivity index (χ2n) is 6.13. The van der Waals surface area contributed by atoms with Gasteiger partial charge in [-0.05, 0) is 34.6 Å². The molecule has 1 rings (SSSR count). The average molecular weight is 270 g/mol. The van der Waals surface area contributed by atoms with Crippen LogP contribution in [0.2, 0.25) is 0 Å². The minimum atomic E-state index is -1.31. The molecule has 5 nitrogen and oxygen atoms in total. The van der Waals surface area contributed by atoms with E-state index in [0.717, 1.165) is 0 Å². The van der Waals surface area contributed by atoms with E-state index in [1.165, 1.54) is 0 Å². The number of hydrogen-bond donors (Lipinski definition) is 1. The van der Waals surface area contributed by atoms with Gasteiger partial charge in [0, 0.05) is 0 Å². The Morgan fingerprint density at radius 3 is 2.47 bits per heavy atom. The Morgan fingerprint density at radius 1 is 1.53 bits per heavy atom. The van der Waals surface area contributed by atoms with E-state index >= 15 is 0 Å². The Balaban J connectivity index is 2.69. The molecule has 1 aliphatic heterocycles. The summed E-state index contributed by atoms with van der Waals surface area (Å²) < 4.78 is 16.1. The molecule has 0 saturated carbocycles. The van der Waals surface area contributed by atoms with Crippen molar-refractivity contribution in [1.29, 1.82) is 0 Å². The normalized spacial score (nSPS) is 27.6. The highest BCUT2D eigenvalue weighted by molar-refractivity contribution is 5.70. The van der Waals surface area contributed by atoms with Gasteiger partial charge in [0.15, 0.2) is 11.4 Å². The SMILES string of the molecule is C#CC1(C(O)CC(=O)OC(C)(C)C)COC(C)(C)O1. The van der Waals surface area contributed by atoms with Crippen molar-refractivity contribution in [2.24, 2.45) is 0 Å². The number of carbonyl (C=O) groups excluding carboxylic acids is 1. The van der Waals surface area contributed by atoms with Gasteiger partial charge < -0.3 is 19.3 Å². The molecule has 2 unspecified atom stereocenters. The Bertz CT molecular complexity index is 388. The van der Waals surface area contributed by atoms with Crippen LogP contribution >= 0.6 is 0 Å². The molecule has 1 N–H and O–H groups in total. The summed E-state index contributed by atoms with van der Waals surface area (Å²) in [5.41, 5.74) is -1.91. The maximum atomic E-state index is 11.7. The van der Waals surface area contributed by atoms with Gasteiger partial charge >= 0.3 is 5.97 Å². The third-order valence-electron chi connectivity index (χ3n) is 2.62. The molecule has 0 bridgehead atoms. The number of aliphatic hydroxyl groups is 1. The van der Waals surface area contributed by atoms with Crippen LogP contribution in [0.5, 0.6) is 0 Å². The predicted octanol–water partition coefficient (Wildman–Crippen LogP) is 1.23. The van der Waals surface area contributed by atoms with Crippen molar-refractivity contribution < 1.29 is 24.1 Å². The predicted molar refractivity (Wildman–Crippen MR) is 69.1 cm³/mol. The van der Waals surface area contributed by atoms with E-state index in [4.69, 9.17) is 20.6 Å². The highest BCUT2D eigenvalue weighted by Gasteiger charge is 2.50. The first-order chi connectivity index (χ1) is 8.50. The molecule has 0 aliphatic carbocycles. The molecule has 2 atom stereocenters. The molecule has 1 saturated heterocycles. The van der Waals surface area contributed by atoms with Gasteiger partial charge in [-0.3, -0.25) is 4.79 Å². The summed E-state index contributed by atoms with van der Waals surface area (Å²) in [4.78, 5) is 11.7. The van der Waals surface area contributed by atoms with E-state index in [0.29, 0.717) is 0 Å². The van der Waals surface area contributed by atoms with Crippen LogP contribution in [0, 0.1) is 12.3 Å². The highest BCUT2D eigenvalue weighted by atomic mass is 16.8. The zero-order chi connectivity index (χ0) is 14.9. The van der Waals surface area contributed by atoms with Gasteiger partial charge in [0.1, 0.15) is 11.7 Å². The van der Waals surface area contributed by atoms with Gasteiger partial charge in [-0.2, -0.15) is 0 Å². The minimum absolute atomic E-state index is 0.0421. The molecule has 1 heterocycles. The van der Waals surface area contributed by atoms with Gasteiger partial charge in [-0.15, -0.1) is 6.42 Å². The molecule has 0 spiro atoms. The van der Waals surface area contributed by atoms with Crippen LogP contribution in [0.4, 0.5) is 0 Å². The van der Waals surface area contributed by atoms with Crippen molar-refractivity contribution in [2.75, 3.05) is 6.61 Å². The fourth-order valence-corrected chi connectivity index (χ4v) is 1.82. The van der Waals surface area contributed by atoms with Crippen molar-refractivity contribution in [2.45, 2.75) is 64.1 Å².